The molecule has 1 aromatic carbocycles. The lowest BCUT2D eigenvalue weighted by molar-refractivity contribution is -0.137. The van der Waals surface area contributed by atoms with Gasteiger partial charge in [-0.1, -0.05) is 12.1 Å². The third-order valence-electron chi connectivity index (χ3n) is 4.07. The molecule has 1 atom stereocenters. The molecule has 1 unspecified atom stereocenters. The van der Waals surface area contributed by atoms with E-state index < -0.39 is 11.7 Å². The van der Waals surface area contributed by atoms with E-state index in [0.717, 1.165) is 49.6 Å². The van der Waals surface area contributed by atoms with E-state index in [-0.39, 0.29) is 12.4 Å². The molecule has 1 aliphatic heterocycles. The molecule has 0 saturated carbocycles. The number of benzene rings is 1. The highest BCUT2D eigenvalue weighted by Gasteiger charge is 2.30. The van der Waals surface area contributed by atoms with Crippen LogP contribution in [0.4, 0.5) is 13.2 Å². The van der Waals surface area contributed by atoms with Crippen LogP contribution >= 0.6 is 12.4 Å². The average molecular weight is 361 g/mol. The molecule has 24 heavy (non-hydrogen) atoms. The predicted molar refractivity (Wildman–Crippen MR) is 89.0 cm³/mol. The van der Waals surface area contributed by atoms with E-state index in [9.17, 15) is 13.2 Å². The molecule has 1 saturated heterocycles. The summed E-state index contributed by atoms with van der Waals surface area (Å²) < 4.78 is 38.0. The number of rotatable bonds is 3. The van der Waals surface area contributed by atoms with Crippen molar-refractivity contribution in [3.05, 3.63) is 41.6 Å². The first kappa shape index (κ1) is 18.8. The van der Waals surface area contributed by atoms with Crippen molar-refractivity contribution in [2.75, 3.05) is 19.6 Å². The second-order valence-electron chi connectivity index (χ2n) is 5.94. The van der Waals surface area contributed by atoms with Gasteiger partial charge in [-0.3, -0.25) is 10.00 Å². The van der Waals surface area contributed by atoms with Crippen molar-refractivity contribution < 1.29 is 13.2 Å². The van der Waals surface area contributed by atoms with Gasteiger partial charge in [-0.05, 0) is 24.6 Å². The number of hydrogen-bond acceptors (Lipinski definition) is 3. The van der Waals surface area contributed by atoms with Crippen molar-refractivity contribution >= 4 is 12.4 Å². The second kappa shape index (κ2) is 7.55. The van der Waals surface area contributed by atoms with E-state index in [4.69, 9.17) is 0 Å². The number of H-pyrrole nitrogens is 1. The number of halogens is 4. The highest BCUT2D eigenvalue weighted by atomic mass is 35.5. The zero-order chi connectivity index (χ0) is 16.4. The van der Waals surface area contributed by atoms with E-state index in [1.165, 1.54) is 12.1 Å². The highest BCUT2D eigenvalue weighted by Crippen LogP contribution is 2.31. The Morgan fingerprint density at radius 3 is 2.58 bits per heavy atom. The molecular formula is C16H20ClF3N4. The van der Waals surface area contributed by atoms with Gasteiger partial charge in [0.2, 0.25) is 0 Å². The Labute approximate surface area is 144 Å². The SMILES string of the molecule is CC1CN(Cc2cn[nH]c2-c2ccc(C(F)(F)F)cc2)CCN1.Cl. The minimum atomic E-state index is -4.31. The monoisotopic (exact) mass is 360 g/mol. The molecule has 1 fully saturated rings. The summed E-state index contributed by atoms with van der Waals surface area (Å²) >= 11 is 0. The summed E-state index contributed by atoms with van der Waals surface area (Å²) in [5.74, 6) is 0. The van der Waals surface area contributed by atoms with Gasteiger partial charge in [0.15, 0.2) is 0 Å². The van der Waals surface area contributed by atoms with Crippen LogP contribution in [0, 0.1) is 0 Å². The largest absolute Gasteiger partial charge is 0.416 e. The van der Waals surface area contributed by atoms with Crippen LogP contribution in [0.15, 0.2) is 30.5 Å². The maximum Gasteiger partial charge on any atom is 0.416 e. The molecule has 132 valence electrons. The number of aromatic nitrogens is 2. The van der Waals surface area contributed by atoms with Gasteiger partial charge in [-0.25, -0.2) is 0 Å². The van der Waals surface area contributed by atoms with Crippen LogP contribution in [0.1, 0.15) is 18.1 Å². The van der Waals surface area contributed by atoms with Crippen LogP contribution in [-0.4, -0.2) is 40.8 Å². The van der Waals surface area contributed by atoms with Gasteiger partial charge in [0.05, 0.1) is 17.5 Å². The molecule has 2 heterocycles. The fourth-order valence-electron chi connectivity index (χ4n) is 2.90. The van der Waals surface area contributed by atoms with Crippen molar-refractivity contribution in [3.63, 3.8) is 0 Å². The Morgan fingerprint density at radius 1 is 1.25 bits per heavy atom. The molecule has 0 radical (unpaired) electrons. The lowest BCUT2D eigenvalue weighted by Gasteiger charge is -2.31. The molecule has 1 aromatic heterocycles. The second-order valence-corrected chi connectivity index (χ2v) is 5.94. The van der Waals surface area contributed by atoms with E-state index in [2.05, 4.69) is 27.3 Å². The number of nitrogens with one attached hydrogen (secondary N) is 2. The first-order chi connectivity index (χ1) is 10.9. The number of hydrogen-bond donors (Lipinski definition) is 2. The molecule has 4 nitrogen and oxygen atoms in total. The Hall–Kier alpha value is -1.57. The number of aromatic amines is 1. The summed E-state index contributed by atoms with van der Waals surface area (Å²) in [5, 5.41) is 10.4. The molecule has 2 aromatic rings. The van der Waals surface area contributed by atoms with Crippen molar-refractivity contribution in [3.8, 4) is 11.3 Å². The van der Waals surface area contributed by atoms with Gasteiger partial charge in [0.1, 0.15) is 0 Å². The fourth-order valence-corrected chi connectivity index (χ4v) is 2.90. The Kier molecular flexibility index (Phi) is 5.90. The summed E-state index contributed by atoms with van der Waals surface area (Å²) in [4.78, 5) is 2.32. The minimum absolute atomic E-state index is 0. The lowest BCUT2D eigenvalue weighted by atomic mass is 10.1. The average Bonchev–Trinajstić information content (AvgIpc) is 2.94. The highest BCUT2D eigenvalue weighted by molar-refractivity contribution is 5.85. The molecule has 0 aliphatic carbocycles. The quantitative estimate of drug-likeness (QED) is 0.882. The molecule has 8 heteroatoms. The first-order valence-corrected chi connectivity index (χ1v) is 7.59. The van der Waals surface area contributed by atoms with E-state index in [1.54, 1.807) is 6.20 Å². The molecule has 0 spiro atoms. The van der Waals surface area contributed by atoms with Crippen LogP contribution in [0.3, 0.4) is 0 Å². The van der Waals surface area contributed by atoms with Crippen LogP contribution < -0.4 is 5.32 Å². The van der Waals surface area contributed by atoms with Gasteiger partial charge in [0.25, 0.3) is 0 Å². The molecule has 3 rings (SSSR count). The van der Waals surface area contributed by atoms with Crippen LogP contribution in [-0.2, 0) is 12.7 Å². The zero-order valence-corrected chi connectivity index (χ0v) is 14.0. The van der Waals surface area contributed by atoms with Gasteiger partial charge in [-0.15, -0.1) is 12.4 Å². The van der Waals surface area contributed by atoms with Crippen molar-refractivity contribution in [2.45, 2.75) is 25.7 Å². The van der Waals surface area contributed by atoms with Crippen molar-refractivity contribution in [1.29, 1.82) is 0 Å². The predicted octanol–water partition coefficient (Wildman–Crippen LogP) is 3.31. The van der Waals surface area contributed by atoms with Gasteiger partial charge in [-0.2, -0.15) is 18.3 Å². The van der Waals surface area contributed by atoms with Crippen LogP contribution in [0.2, 0.25) is 0 Å². The van der Waals surface area contributed by atoms with Gasteiger partial charge >= 0.3 is 6.18 Å². The molecule has 0 bridgehead atoms. The summed E-state index contributed by atoms with van der Waals surface area (Å²) in [7, 11) is 0. The van der Waals surface area contributed by atoms with Crippen molar-refractivity contribution in [2.24, 2.45) is 0 Å². The van der Waals surface area contributed by atoms with Crippen LogP contribution in [0.5, 0.6) is 0 Å². The smallest absolute Gasteiger partial charge is 0.312 e. The Bertz CT molecular complexity index is 654. The molecule has 0 amide bonds. The summed E-state index contributed by atoms with van der Waals surface area (Å²) in [6.07, 6.45) is -2.56. The van der Waals surface area contributed by atoms with E-state index >= 15 is 0 Å². The third kappa shape index (κ3) is 4.28. The summed E-state index contributed by atoms with van der Waals surface area (Å²) in [5.41, 5.74) is 1.86. The normalized spacial score (nSPS) is 19.1. The Morgan fingerprint density at radius 2 is 1.96 bits per heavy atom. The molecular weight excluding hydrogens is 341 g/mol. The number of piperazine rings is 1. The fraction of sp³-hybridized carbons (Fsp3) is 0.438. The van der Waals surface area contributed by atoms with E-state index in [1.807, 2.05) is 0 Å². The van der Waals surface area contributed by atoms with Gasteiger partial charge < -0.3 is 5.32 Å². The maximum atomic E-state index is 12.7. The standard InChI is InChI=1S/C16H19F3N4.ClH/c1-11-9-23(7-6-20-11)10-13-8-21-22-15(13)12-2-4-14(5-3-12)16(17,18)19;/h2-5,8,11,20H,6-7,9-10H2,1H3,(H,21,22);1H. The van der Waals surface area contributed by atoms with Crippen LogP contribution in [0.25, 0.3) is 11.3 Å². The molecule has 1 aliphatic rings. The number of alkyl halides is 3. The Balaban J connectivity index is 0.00000208. The maximum absolute atomic E-state index is 12.7. The number of nitrogens with zero attached hydrogens (tertiary/aromatic N) is 2. The topological polar surface area (TPSA) is 44.0 Å². The summed E-state index contributed by atoms with van der Waals surface area (Å²) in [6.45, 7) is 5.70. The summed E-state index contributed by atoms with van der Waals surface area (Å²) in [6, 6.07) is 5.62. The zero-order valence-electron chi connectivity index (χ0n) is 13.2. The molecule has 2 N–H and O–H groups in total. The lowest BCUT2D eigenvalue weighted by Crippen LogP contribution is -2.48. The van der Waals surface area contributed by atoms with Gasteiger partial charge in [0, 0.05) is 37.8 Å². The first-order valence-electron chi connectivity index (χ1n) is 7.59. The van der Waals surface area contributed by atoms with Crippen molar-refractivity contribution in [1.82, 2.24) is 20.4 Å². The third-order valence-corrected chi connectivity index (χ3v) is 4.07. The minimum Gasteiger partial charge on any atom is -0.312 e. The van der Waals surface area contributed by atoms with E-state index in [0.29, 0.717) is 11.6 Å².